The van der Waals surface area contributed by atoms with Crippen molar-refractivity contribution in [3.05, 3.63) is 47.2 Å². The molecule has 1 aromatic heterocycles. The summed E-state index contributed by atoms with van der Waals surface area (Å²) in [6.07, 6.45) is 1.02. The highest BCUT2D eigenvalue weighted by atomic mass is 16.4. The number of hydrogen-bond donors (Lipinski definition) is 1. The SMILES string of the molecule is CCc1ccccc1NCc1nc(C)c(C)o1. The number of oxazole rings is 1. The fraction of sp³-hybridized carbons (Fsp3) is 0.357. The van der Waals surface area contributed by atoms with E-state index in [4.69, 9.17) is 4.42 Å². The highest BCUT2D eigenvalue weighted by molar-refractivity contribution is 5.50. The minimum atomic E-state index is 0.631. The molecule has 0 bridgehead atoms. The van der Waals surface area contributed by atoms with Gasteiger partial charge in [0.25, 0.3) is 0 Å². The summed E-state index contributed by atoms with van der Waals surface area (Å²) in [6.45, 7) is 6.68. The Morgan fingerprint density at radius 2 is 2.00 bits per heavy atom. The van der Waals surface area contributed by atoms with Crippen LogP contribution in [-0.4, -0.2) is 4.98 Å². The molecule has 0 aliphatic heterocycles. The largest absolute Gasteiger partial charge is 0.444 e. The van der Waals surface area contributed by atoms with Crippen LogP contribution in [0.5, 0.6) is 0 Å². The molecule has 0 amide bonds. The lowest BCUT2D eigenvalue weighted by Crippen LogP contribution is -2.02. The van der Waals surface area contributed by atoms with Gasteiger partial charge in [-0.25, -0.2) is 4.98 Å². The van der Waals surface area contributed by atoms with Gasteiger partial charge >= 0.3 is 0 Å². The maximum atomic E-state index is 5.54. The molecule has 2 aromatic rings. The first-order valence-corrected chi connectivity index (χ1v) is 5.95. The van der Waals surface area contributed by atoms with Crippen molar-refractivity contribution in [3.63, 3.8) is 0 Å². The summed E-state index contributed by atoms with van der Waals surface area (Å²) >= 11 is 0. The summed E-state index contributed by atoms with van der Waals surface area (Å²) in [6, 6.07) is 8.31. The van der Waals surface area contributed by atoms with Crippen molar-refractivity contribution in [3.8, 4) is 0 Å². The molecule has 2 rings (SSSR count). The molecular weight excluding hydrogens is 212 g/mol. The van der Waals surface area contributed by atoms with Crippen LogP contribution in [0.25, 0.3) is 0 Å². The number of aromatic nitrogens is 1. The number of anilines is 1. The Hall–Kier alpha value is -1.77. The quantitative estimate of drug-likeness (QED) is 0.874. The summed E-state index contributed by atoms with van der Waals surface area (Å²) < 4.78 is 5.54. The normalized spacial score (nSPS) is 10.5. The van der Waals surface area contributed by atoms with Gasteiger partial charge in [-0.2, -0.15) is 0 Å². The highest BCUT2D eigenvalue weighted by Gasteiger charge is 2.06. The minimum Gasteiger partial charge on any atom is -0.444 e. The van der Waals surface area contributed by atoms with Crippen LogP contribution in [0.4, 0.5) is 5.69 Å². The Balaban J connectivity index is 2.07. The van der Waals surface area contributed by atoms with E-state index in [1.165, 1.54) is 5.56 Å². The highest BCUT2D eigenvalue weighted by Crippen LogP contribution is 2.17. The van der Waals surface area contributed by atoms with Gasteiger partial charge < -0.3 is 9.73 Å². The minimum absolute atomic E-state index is 0.631. The van der Waals surface area contributed by atoms with Gasteiger partial charge in [-0.05, 0) is 31.9 Å². The van der Waals surface area contributed by atoms with Crippen molar-refractivity contribution >= 4 is 5.69 Å². The van der Waals surface area contributed by atoms with Crippen LogP contribution in [0.1, 0.15) is 29.8 Å². The van der Waals surface area contributed by atoms with Crippen molar-refractivity contribution in [1.29, 1.82) is 0 Å². The summed E-state index contributed by atoms with van der Waals surface area (Å²) in [4.78, 5) is 4.35. The first-order chi connectivity index (χ1) is 8.20. The number of rotatable bonds is 4. The van der Waals surface area contributed by atoms with Crippen LogP contribution in [0.2, 0.25) is 0 Å². The van der Waals surface area contributed by atoms with E-state index in [0.29, 0.717) is 6.54 Å². The summed E-state index contributed by atoms with van der Waals surface area (Å²) in [5.41, 5.74) is 3.43. The molecule has 90 valence electrons. The van der Waals surface area contributed by atoms with E-state index in [-0.39, 0.29) is 0 Å². The molecule has 1 heterocycles. The fourth-order valence-electron chi connectivity index (χ4n) is 1.79. The standard InChI is InChI=1S/C14H18N2O/c1-4-12-7-5-6-8-13(12)15-9-14-16-10(2)11(3)17-14/h5-8,15H,4,9H2,1-3H3. The van der Waals surface area contributed by atoms with E-state index in [9.17, 15) is 0 Å². The molecule has 0 atom stereocenters. The maximum absolute atomic E-state index is 5.54. The van der Waals surface area contributed by atoms with Crippen LogP contribution in [0.3, 0.4) is 0 Å². The van der Waals surface area contributed by atoms with Crippen LogP contribution < -0.4 is 5.32 Å². The molecule has 0 unspecified atom stereocenters. The van der Waals surface area contributed by atoms with E-state index in [1.807, 2.05) is 19.9 Å². The van der Waals surface area contributed by atoms with Gasteiger partial charge in [0.1, 0.15) is 5.76 Å². The van der Waals surface area contributed by atoms with Crippen LogP contribution >= 0.6 is 0 Å². The average Bonchev–Trinajstić information content (AvgIpc) is 2.66. The predicted octanol–water partition coefficient (Wildman–Crippen LogP) is 3.47. The number of para-hydroxylation sites is 1. The number of nitrogens with zero attached hydrogens (tertiary/aromatic N) is 1. The second-order valence-electron chi connectivity index (χ2n) is 4.11. The van der Waals surface area contributed by atoms with E-state index in [2.05, 4.69) is 35.4 Å². The Kier molecular flexibility index (Phi) is 3.47. The molecule has 0 saturated heterocycles. The van der Waals surface area contributed by atoms with Crippen molar-refractivity contribution in [1.82, 2.24) is 4.98 Å². The molecule has 1 N–H and O–H groups in total. The van der Waals surface area contributed by atoms with E-state index >= 15 is 0 Å². The predicted molar refractivity (Wildman–Crippen MR) is 69.1 cm³/mol. The van der Waals surface area contributed by atoms with Crippen molar-refractivity contribution < 1.29 is 4.42 Å². The summed E-state index contributed by atoms with van der Waals surface area (Å²) in [5.74, 6) is 1.64. The Labute approximate surface area is 102 Å². The van der Waals surface area contributed by atoms with E-state index < -0.39 is 0 Å². The van der Waals surface area contributed by atoms with Gasteiger partial charge in [0, 0.05) is 5.69 Å². The number of benzene rings is 1. The zero-order chi connectivity index (χ0) is 12.3. The van der Waals surface area contributed by atoms with E-state index in [0.717, 1.165) is 29.5 Å². The molecule has 0 aliphatic rings. The summed E-state index contributed by atoms with van der Waals surface area (Å²) in [7, 11) is 0. The summed E-state index contributed by atoms with van der Waals surface area (Å²) in [5, 5.41) is 3.36. The van der Waals surface area contributed by atoms with Crippen molar-refractivity contribution in [2.45, 2.75) is 33.7 Å². The lowest BCUT2D eigenvalue weighted by molar-refractivity contribution is 0.478. The Bertz CT molecular complexity index is 483. The first kappa shape index (κ1) is 11.7. The molecule has 3 heteroatoms. The van der Waals surface area contributed by atoms with Gasteiger partial charge in [-0.3, -0.25) is 0 Å². The van der Waals surface area contributed by atoms with Gasteiger partial charge in [0.15, 0.2) is 0 Å². The monoisotopic (exact) mass is 230 g/mol. The molecule has 1 aromatic carbocycles. The second-order valence-corrected chi connectivity index (χ2v) is 4.11. The smallest absolute Gasteiger partial charge is 0.213 e. The molecule has 0 saturated carbocycles. The second kappa shape index (κ2) is 5.04. The van der Waals surface area contributed by atoms with Gasteiger partial charge in [-0.15, -0.1) is 0 Å². The molecular formula is C14H18N2O. The molecule has 3 nitrogen and oxygen atoms in total. The molecule has 0 radical (unpaired) electrons. The maximum Gasteiger partial charge on any atom is 0.213 e. The fourth-order valence-corrected chi connectivity index (χ4v) is 1.79. The van der Waals surface area contributed by atoms with Gasteiger partial charge in [0.05, 0.1) is 12.2 Å². The third kappa shape index (κ3) is 2.67. The van der Waals surface area contributed by atoms with Crippen LogP contribution in [0, 0.1) is 13.8 Å². The number of hydrogen-bond acceptors (Lipinski definition) is 3. The molecule has 0 aliphatic carbocycles. The molecule has 0 spiro atoms. The molecule has 17 heavy (non-hydrogen) atoms. The van der Waals surface area contributed by atoms with Crippen molar-refractivity contribution in [2.75, 3.05) is 5.32 Å². The zero-order valence-corrected chi connectivity index (χ0v) is 10.6. The lowest BCUT2D eigenvalue weighted by Gasteiger charge is -2.08. The number of nitrogens with one attached hydrogen (secondary N) is 1. The topological polar surface area (TPSA) is 38.1 Å². The van der Waals surface area contributed by atoms with E-state index in [1.54, 1.807) is 0 Å². The zero-order valence-electron chi connectivity index (χ0n) is 10.6. The number of aryl methyl sites for hydroxylation is 3. The van der Waals surface area contributed by atoms with Gasteiger partial charge in [0.2, 0.25) is 5.89 Å². The van der Waals surface area contributed by atoms with Gasteiger partial charge in [-0.1, -0.05) is 25.1 Å². The third-order valence-corrected chi connectivity index (χ3v) is 2.90. The lowest BCUT2D eigenvalue weighted by atomic mass is 10.1. The van der Waals surface area contributed by atoms with Crippen LogP contribution in [0.15, 0.2) is 28.7 Å². The average molecular weight is 230 g/mol. The van der Waals surface area contributed by atoms with Crippen molar-refractivity contribution in [2.24, 2.45) is 0 Å². The Morgan fingerprint density at radius 1 is 1.24 bits per heavy atom. The Morgan fingerprint density at radius 3 is 2.65 bits per heavy atom. The van der Waals surface area contributed by atoms with Crippen LogP contribution in [-0.2, 0) is 13.0 Å². The molecule has 0 fully saturated rings. The third-order valence-electron chi connectivity index (χ3n) is 2.90. The first-order valence-electron chi connectivity index (χ1n) is 5.95.